The third-order valence-electron chi connectivity index (χ3n) is 3.76. The van der Waals surface area contributed by atoms with Crippen molar-refractivity contribution in [3.8, 4) is 11.3 Å². The minimum atomic E-state index is -0.0718. The fourth-order valence-electron chi connectivity index (χ4n) is 2.54. The predicted octanol–water partition coefficient (Wildman–Crippen LogP) is 4.35. The van der Waals surface area contributed by atoms with Crippen LogP contribution in [0.25, 0.3) is 16.9 Å². The number of nitrogens with zero attached hydrogens (tertiary/aromatic N) is 2. The second-order valence-corrected chi connectivity index (χ2v) is 6.32. The molecule has 0 aliphatic rings. The van der Waals surface area contributed by atoms with Crippen molar-refractivity contribution in [1.82, 2.24) is 9.38 Å². The van der Waals surface area contributed by atoms with Gasteiger partial charge in [0, 0.05) is 22.7 Å². The van der Waals surface area contributed by atoms with Gasteiger partial charge < -0.3 is 10.1 Å². The maximum Gasteiger partial charge on any atom is 0.137 e. The van der Waals surface area contributed by atoms with Crippen molar-refractivity contribution in [3.05, 3.63) is 58.9 Å². The summed E-state index contributed by atoms with van der Waals surface area (Å²) >= 11 is 11.2. The van der Waals surface area contributed by atoms with E-state index in [-0.39, 0.29) is 5.92 Å². The van der Waals surface area contributed by atoms with Gasteiger partial charge in [-0.1, -0.05) is 48.9 Å². The molecule has 112 valence electrons. The fourth-order valence-corrected chi connectivity index (χ4v) is 2.78. The minimum absolute atomic E-state index is 0.0718. The molecule has 0 aliphatic carbocycles. The number of fused-ring (bicyclic) bond motifs is 1. The first-order valence-electron chi connectivity index (χ1n) is 7.01. The average Bonchev–Trinajstić information content (AvgIpc) is 2.85. The zero-order valence-electron chi connectivity index (χ0n) is 12.4. The van der Waals surface area contributed by atoms with E-state index in [9.17, 15) is 0 Å². The van der Waals surface area contributed by atoms with E-state index in [1.807, 2.05) is 43.3 Å². The van der Waals surface area contributed by atoms with Gasteiger partial charge in [0.1, 0.15) is 5.65 Å². The molecule has 3 nitrogen and oxygen atoms in total. The van der Waals surface area contributed by atoms with Crippen LogP contribution < -0.4 is 5.73 Å². The number of hydrogen-bond acceptors (Lipinski definition) is 2. The Hall–Kier alpha value is -1.91. The number of hydrogen-bond donors (Lipinski definition) is 1. The number of aryl methyl sites for hydroxylation is 1. The van der Waals surface area contributed by atoms with Gasteiger partial charge in [0.2, 0.25) is 0 Å². The van der Waals surface area contributed by atoms with Crippen LogP contribution in [-0.4, -0.2) is 14.4 Å². The van der Waals surface area contributed by atoms with Crippen LogP contribution in [0.4, 0.5) is 0 Å². The molecule has 0 saturated heterocycles. The molecule has 0 fully saturated rings. The highest BCUT2D eigenvalue weighted by atomic mass is 35.5. The Balaban J connectivity index is 2.31. The summed E-state index contributed by atoms with van der Waals surface area (Å²) in [4.78, 5) is 5.22. The quantitative estimate of drug-likeness (QED) is 0.726. The molecule has 0 saturated carbocycles. The fraction of sp³-hybridized carbons (Fsp3) is 0.176. The van der Waals surface area contributed by atoms with E-state index in [0.29, 0.717) is 10.0 Å². The number of imidazole rings is 1. The molecule has 1 atom stereocenters. The summed E-state index contributed by atoms with van der Waals surface area (Å²) in [7, 11) is 0. The van der Waals surface area contributed by atoms with Gasteiger partial charge in [-0.25, -0.2) is 4.98 Å². The summed E-state index contributed by atoms with van der Waals surface area (Å²) in [6, 6.07) is 11.7. The second kappa shape index (κ2) is 5.71. The van der Waals surface area contributed by atoms with Crippen molar-refractivity contribution in [2.75, 3.05) is 0 Å². The van der Waals surface area contributed by atoms with Crippen LogP contribution >= 0.6 is 23.8 Å². The number of nitrogens with two attached hydrogens (primary N) is 1. The van der Waals surface area contributed by atoms with Crippen LogP contribution in [0.15, 0.2) is 42.6 Å². The highest BCUT2D eigenvalue weighted by Crippen LogP contribution is 2.31. The van der Waals surface area contributed by atoms with E-state index >= 15 is 0 Å². The van der Waals surface area contributed by atoms with Gasteiger partial charge in [0.05, 0.1) is 16.4 Å². The van der Waals surface area contributed by atoms with Gasteiger partial charge in [-0.15, -0.1) is 0 Å². The molecular weight excluding hydrogens is 314 g/mol. The van der Waals surface area contributed by atoms with Gasteiger partial charge in [-0.05, 0) is 30.7 Å². The molecule has 3 aromatic rings. The van der Waals surface area contributed by atoms with Crippen molar-refractivity contribution >= 4 is 34.5 Å². The first-order valence-corrected chi connectivity index (χ1v) is 7.80. The minimum Gasteiger partial charge on any atom is -0.393 e. The second-order valence-electron chi connectivity index (χ2n) is 5.41. The zero-order valence-corrected chi connectivity index (χ0v) is 13.9. The van der Waals surface area contributed by atoms with Crippen LogP contribution in [0, 0.1) is 6.92 Å². The van der Waals surface area contributed by atoms with Crippen LogP contribution in [-0.2, 0) is 0 Å². The zero-order chi connectivity index (χ0) is 15.9. The topological polar surface area (TPSA) is 43.3 Å². The molecule has 5 heteroatoms. The van der Waals surface area contributed by atoms with Crippen molar-refractivity contribution in [1.29, 1.82) is 0 Å². The highest BCUT2D eigenvalue weighted by molar-refractivity contribution is 7.80. The lowest BCUT2D eigenvalue weighted by Gasteiger charge is -2.12. The molecule has 2 N–H and O–H groups in total. The first-order chi connectivity index (χ1) is 10.5. The Kier molecular flexibility index (Phi) is 3.89. The van der Waals surface area contributed by atoms with Gasteiger partial charge in [0.25, 0.3) is 0 Å². The number of rotatable bonds is 3. The van der Waals surface area contributed by atoms with E-state index in [1.54, 1.807) is 0 Å². The Labute approximate surface area is 139 Å². The smallest absolute Gasteiger partial charge is 0.137 e. The number of halogens is 1. The van der Waals surface area contributed by atoms with Crippen molar-refractivity contribution in [3.63, 3.8) is 0 Å². The third kappa shape index (κ3) is 2.60. The summed E-state index contributed by atoms with van der Waals surface area (Å²) in [6.45, 7) is 4.06. The Morgan fingerprint density at radius 3 is 2.55 bits per heavy atom. The van der Waals surface area contributed by atoms with Crippen molar-refractivity contribution in [2.45, 2.75) is 19.8 Å². The van der Waals surface area contributed by atoms with Crippen LogP contribution in [0.1, 0.15) is 24.1 Å². The number of aromatic nitrogens is 2. The molecule has 22 heavy (non-hydrogen) atoms. The van der Waals surface area contributed by atoms with Gasteiger partial charge in [-0.2, -0.15) is 0 Å². The molecule has 0 amide bonds. The Morgan fingerprint density at radius 1 is 1.23 bits per heavy atom. The highest BCUT2D eigenvalue weighted by Gasteiger charge is 2.21. The average molecular weight is 330 g/mol. The SMILES string of the molecule is Cc1ccc2nc(-c3ccc(Cl)cc3)c(C(C)C(N)=S)n2c1. The Bertz CT molecular complexity index is 852. The number of pyridine rings is 1. The normalized spacial score (nSPS) is 12.5. The van der Waals surface area contributed by atoms with Crippen LogP contribution in [0.2, 0.25) is 5.02 Å². The molecule has 2 heterocycles. The standard InChI is InChI=1S/C17H16ClN3S/c1-10-3-8-14-20-15(12-4-6-13(18)7-5-12)16(21(14)9-10)11(2)17(19)22/h3-9,11H,1-2H3,(H2,19,22). The van der Waals surface area contributed by atoms with Crippen molar-refractivity contribution < 1.29 is 0 Å². The lowest BCUT2D eigenvalue weighted by Crippen LogP contribution is -2.18. The lowest BCUT2D eigenvalue weighted by molar-refractivity contribution is 0.926. The molecule has 0 spiro atoms. The molecular formula is C17H16ClN3S. The van der Waals surface area contributed by atoms with Gasteiger partial charge in [-0.3, -0.25) is 0 Å². The summed E-state index contributed by atoms with van der Waals surface area (Å²) in [5, 5.41) is 0.701. The molecule has 0 aliphatic heterocycles. The van der Waals surface area contributed by atoms with E-state index in [0.717, 1.165) is 28.2 Å². The number of thiocarbonyl (C=S) groups is 1. The van der Waals surface area contributed by atoms with Crippen LogP contribution in [0.5, 0.6) is 0 Å². The van der Waals surface area contributed by atoms with Crippen LogP contribution in [0.3, 0.4) is 0 Å². The van der Waals surface area contributed by atoms with Gasteiger partial charge in [0.15, 0.2) is 0 Å². The lowest BCUT2D eigenvalue weighted by atomic mass is 10.0. The summed E-state index contributed by atoms with van der Waals surface area (Å²) in [6.07, 6.45) is 2.06. The maximum atomic E-state index is 5.98. The first kappa shape index (κ1) is 15.0. The maximum absolute atomic E-state index is 5.98. The molecule has 1 aromatic carbocycles. The van der Waals surface area contributed by atoms with Gasteiger partial charge >= 0.3 is 0 Å². The monoisotopic (exact) mass is 329 g/mol. The molecule has 1 unspecified atom stereocenters. The molecule has 0 bridgehead atoms. The molecule has 3 rings (SSSR count). The summed E-state index contributed by atoms with van der Waals surface area (Å²) < 4.78 is 2.07. The molecule has 2 aromatic heterocycles. The predicted molar refractivity (Wildman–Crippen MR) is 95.6 cm³/mol. The largest absolute Gasteiger partial charge is 0.393 e. The van der Waals surface area contributed by atoms with E-state index in [4.69, 9.17) is 34.5 Å². The summed E-state index contributed by atoms with van der Waals surface area (Å²) in [5.41, 5.74) is 10.8. The summed E-state index contributed by atoms with van der Waals surface area (Å²) in [5.74, 6) is -0.0718. The van der Waals surface area contributed by atoms with E-state index in [2.05, 4.69) is 17.5 Å². The van der Waals surface area contributed by atoms with E-state index in [1.165, 1.54) is 0 Å². The number of benzene rings is 1. The Morgan fingerprint density at radius 2 is 1.91 bits per heavy atom. The molecule has 0 radical (unpaired) electrons. The van der Waals surface area contributed by atoms with Crippen molar-refractivity contribution in [2.24, 2.45) is 5.73 Å². The third-order valence-corrected chi connectivity index (χ3v) is 4.36. The van der Waals surface area contributed by atoms with E-state index < -0.39 is 0 Å².